The maximum atomic E-state index is 9.86. The van der Waals surface area contributed by atoms with Gasteiger partial charge in [0, 0.05) is 18.2 Å². The first-order valence-electron chi connectivity index (χ1n) is 8.63. The van der Waals surface area contributed by atoms with Crippen LogP contribution in [-0.4, -0.2) is 230 Å². The van der Waals surface area contributed by atoms with Crippen LogP contribution >= 0.6 is 0 Å². The van der Waals surface area contributed by atoms with E-state index in [1.807, 2.05) is 0 Å². The second kappa shape index (κ2) is 68.5. The summed E-state index contributed by atoms with van der Waals surface area (Å²) in [6.07, 6.45) is -3.42. The molecule has 0 spiro atoms. The minimum atomic E-state index is -4.69. The van der Waals surface area contributed by atoms with E-state index in [0.717, 1.165) is 0 Å². The van der Waals surface area contributed by atoms with Crippen molar-refractivity contribution in [1.82, 2.24) is 0 Å². The van der Waals surface area contributed by atoms with Crippen molar-refractivity contribution in [3.05, 3.63) is 55.2 Å². The Hall–Kier alpha value is 3.45. The molecule has 0 radical (unpaired) electrons. The van der Waals surface area contributed by atoms with Crippen molar-refractivity contribution in [2.75, 3.05) is 0 Å². The summed E-state index contributed by atoms with van der Waals surface area (Å²) in [7, 11) is -14.1. The molecule has 0 fully saturated rings. The molecule has 0 aliphatic carbocycles. The maximum Gasteiger partial charge on any atom is 2.00 e. The quantitative estimate of drug-likeness (QED) is 0.126. The first-order valence-corrected chi connectivity index (χ1v) is 12.6. The Bertz CT molecular complexity index is 1320. The van der Waals surface area contributed by atoms with Crippen LogP contribution < -0.4 is 176 Å². The van der Waals surface area contributed by atoms with Crippen LogP contribution in [0.25, 0.3) is 0 Å². The molecule has 42 heteroatoms. The molecule has 296 valence electrons. The molecule has 3 heterocycles. The molecule has 0 saturated heterocycles. The van der Waals surface area contributed by atoms with Gasteiger partial charge in [-0.2, -0.15) is 0 Å². The molecule has 0 unspecified atom stereocenters. The van der Waals surface area contributed by atoms with E-state index >= 15 is 0 Å². The molecular weight excluding hydrogens is 1030 g/mol. The van der Waals surface area contributed by atoms with Crippen molar-refractivity contribution in [3.63, 3.8) is 0 Å². The number of rotatable bonds is 6. The third-order valence-corrected chi connectivity index (χ3v) is 3.14. The zero-order valence-electron chi connectivity index (χ0n) is 29.2. The minimum absolute atomic E-state index is 0. The van der Waals surface area contributed by atoms with Crippen LogP contribution in [0.5, 0.6) is 17.8 Å². The van der Waals surface area contributed by atoms with Gasteiger partial charge in [0.05, 0.1) is 18.8 Å². The molecule has 3 aromatic rings. The van der Waals surface area contributed by atoms with E-state index < -0.39 is 49.7 Å². The maximum absolute atomic E-state index is 9.86. The summed E-state index contributed by atoms with van der Waals surface area (Å²) in [5.74, 6) is -0.972. The van der Waals surface area contributed by atoms with Crippen LogP contribution in [-0.2, 0) is 31.2 Å². The number of furan rings is 3. The minimum Gasteiger partial charge on any atom is -1.00 e. The number of hydrogen-bond donors (Lipinski definition) is 0. The first-order chi connectivity index (χ1) is 18.9. The van der Waals surface area contributed by atoms with Crippen molar-refractivity contribution in [2.24, 2.45) is 0 Å². The van der Waals surface area contributed by atoms with Gasteiger partial charge in [-0.15, -0.1) is 0 Å². The topological polar surface area (TPSA) is 554 Å². The molecule has 0 atom stereocenters. The zero-order valence-corrected chi connectivity index (χ0v) is 48.5. The Morgan fingerprint density at radius 1 is 0.421 bits per heavy atom. The first kappa shape index (κ1) is 119. The average Bonchev–Trinajstić information content (AvgIpc) is 3.49. The van der Waals surface area contributed by atoms with Gasteiger partial charge < -0.3 is 120 Å². The molecule has 0 aromatic carbocycles. The molecule has 0 aliphatic rings. The molecule has 3 aromatic heterocycles. The fourth-order valence-electron chi connectivity index (χ4n) is 1.23. The van der Waals surface area contributed by atoms with E-state index in [1.54, 1.807) is 0 Å². The van der Waals surface area contributed by atoms with Crippen molar-refractivity contribution >= 4 is 201 Å². The zero-order chi connectivity index (χ0) is 33.6. The molecule has 0 bridgehead atoms. The van der Waals surface area contributed by atoms with E-state index in [0.29, 0.717) is 0 Å². The third kappa shape index (κ3) is 126. The average molecular weight is 1050 g/mol. The van der Waals surface area contributed by atoms with Crippen molar-refractivity contribution in [1.29, 1.82) is 0 Å². The van der Waals surface area contributed by atoms with E-state index in [-0.39, 0.29) is 323 Å². The van der Waals surface area contributed by atoms with Crippen molar-refractivity contribution < 1.29 is 264 Å². The van der Waals surface area contributed by atoms with E-state index in [4.69, 9.17) is 45.0 Å². The van der Waals surface area contributed by atoms with Crippen LogP contribution in [0.1, 0.15) is 0 Å². The number of hydrogen-bond acceptors (Lipinski definition) is 24. The molecule has 0 aliphatic heterocycles. The van der Waals surface area contributed by atoms with Gasteiger partial charge in [0.2, 0.25) is 0 Å². The second-order valence-corrected chi connectivity index (χ2v) is 7.97. The van der Waals surface area contributed by atoms with Gasteiger partial charge in [0.15, 0.2) is 0 Å². The fourth-order valence-corrected chi connectivity index (χ4v) is 2.12. The summed E-state index contributed by atoms with van der Waals surface area (Å²) in [4.78, 5) is 25.0. The van der Waals surface area contributed by atoms with Gasteiger partial charge in [0.1, 0.15) is 0 Å². The van der Waals surface area contributed by atoms with Gasteiger partial charge >= 0.3 is 269 Å². The summed E-state index contributed by atoms with van der Waals surface area (Å²) in [6.45, 7) is 0. The molecule has 8 N–H and O–H groups in total. The number of carboxylic acid groups (broad SMARTS) is 6. The fraction of sp³-hybridized carbons (Fsp3) is 0. The third-order valence-electron chi connectivity index (χ3n) is 2.04. The Morgan fingerprint density at radius 3 is 0.614 bits per heavy atom. The number of halogens is 3. The summed E-state index contributed by atoms with van der Waals surface area (Å²) in [6, 6.07) is 7.86. The normalized spacial score (nSPS) is 7.21. The largest absolute Gasteiger partial charge is 2.00 e. The Balaban J connectivity index is -0.0000000197. The monoisotopic (exact) mass is 1050 g/mol. The second-order valence-electron chi connectivity index (χ2n) is 5.02. The van der Waals surface area contributed by atoms with Gasteiger partial charge in [0.25, 0.3) is 49.0 Å². The molecular formula is C15H17Ca4F3Na4O28S3. The van der Waals surface area contributed by atoms with Gasteiger partial charge in [-0.05, 0) is 36.7 Å². The van der Waals surface area contributed by atoms with E-state index in [1.165, 1.54) is 55.2 Å². The number of carbonyl (C=O) groups excluding carboxylic acids is 3. The van der Waals surface area contributed by atoms with Crippen molar-refractivity contribution in [3.8, 4) is 17.8 Å². The van der Waals surface area contributed by atoms with Gasteiger partial charge in [-0.3, -0.25) is 0 Å². The summed E-state index contributed by atoms with van der Waals surface area (Å²) < 4.78 is 113. The SMILES string of the molecule is O.O.O.O.O=C([O-])[O-].O=C([O-])[O-].O=C([O-])[O-].O=S(=O)([O-])Oc1ccco1.O=S(=O)([O-])Oc1ccco1.O=S(=O)([O-])Oc1ccco1.[Ca+2].[Ca+2].[Ca+2].[Ca+2].[F-].[F-].[F-].[Na+].[Na+].[Na+].[Na+]. The molecule has 28 nitrogen and oxygen atoms in total. The van der Waals surface area contributed by atoms with Crippen molar-refractivity contribution in [2.45, 2.75) is 0 Å². The predicted octanol–water partition coefficient (Wildman–Crippen LogP) is -32.8. The smallest absolute Gasteiger partial charge is 1.00 e. The summed E-state index contributed by atoms with van der Waals surface area (Å²) in [5.41, 5.74) is 0. The number of carbonyl (C=O) groups is 3. The molecule has 57 heavy (non-hydrogen) atoms. The standard InChI is InChI=1S/3C4H4O5S.3CH2O3.4Ca.3FH.4Na.4H2O/c3*5-10(6,7)9-4-2-1-3-8-4;3*2-1(3)4;;;;;;;;;;;;;;;/h3*1-3H,(H,5,6,7);3*(H2,2,3,4);;;;;3*1H;;;;;4*1H2/q;;;;;;4*+2;;;;4*+1;;;;/p-12. The van der Waals surface area contributed by atoms with E-state index in [2.05, 4.69) is 25.8 Å². The molecule has 0 saturated carbocycles. The molecule has 0 amide bonds. The van der Waals surface area contributed by atoms with Crippen LogP contribution in [0.4, 0.5) is 14.4 Å². The Labute approximate surface area is 526 Å². The summed E-state index contributed by atoms with van der Waals surface area (Å²) in [5, 5.41) is 50.0. The van der Waals surface area contributed by atoms with E-state index in [9.17, 15) is 38.9 Å². The van der Waals surface area contributed by atoms with Gasteiger partial charge in [-0.1, -0.05) is 0 Å². The summed E-state index contributed by atoms with van der Waals surface area (Å²) >= 11 is 0. The van der Waals surface area contributed by atoms with Crippen LogP contribution in [0, 0.1) is 0 Å². The molecule has 3 rings (SSSR count). The van der Waals surface area contributed by atoms with Crippen LogP contribution in [0.3, 0.4) is 0 Å². The van der Waals surface area contributed by atoms with Crippen LogP contribution in [0.2, 0.25) is 0 Å². The van der Waals surface area contributed by atoms with Gasteiger partial charge in [-0.25, -0.2) is 25.3 Å². The Morgan fingerprint density at radius 2 is 0.544 bits per heavy atom. The Kier molecular flexibility index (Phi) is 142. The predicted molar refractivity (Wildman–Crippen MR) is 141 cm³/mol. The van der Waals surface area contributed by atoms with Crippen LogP contribution in [0.15, 0.2) is 68.4 Å².